The van der Waals surface area contributed by atoms with Crippen LogP contribution in [0.15, 0.2) is 12.7 Å². The first kappa shape index (κ1) is 17.5. The van der Waals surface area contributed by atoms with Gasteiger partial charge < -0.3 is 10.2 Å². The molecule has 0 bridgehead atoms. The molecule has 1 rings (SSSR count). The Kier molecular flexibility index (Phi) is 4.21. The molecule has 0 saturated carbocycles. The third-order valence-corrected chi connectivity index (χ3v) is 4.69. The van der Waals surface area contributed by atoms with Crippen LogP contribution in [-0.4, -0.2) is 38.8 Å². The van der Waals surface area contributed by atoms with Gasteiger partial charge in [-0.1, -0.05) is 47.6 Å². The second-order valence-electron chi connectivity index (χ2n) is 7.93. The second-order valence-corrected chi connectivity index (χ2v) is 7.93. The minimum absolute atomic E-state index is 0.304. The van der Waals surface area contributed by atoms with Crippen molar-refractivity contribution in [3.05, 3.63) is 12.7 Å². The molecule has 120 valence electrons. The molecule has 0 aromatic heterocycles. The van der Waals surface area contributed by atoms with E-state index in [1.807, 2.05) is 20.8 Å². The molecule has 5 nitrogen and oxygen atoms in total. The molecular formula is C16H27NO4. The van der Waals surface area contributed by atoms with Crippen LogP contribution in [0.3, 0.4) is 0 Å². The van der Waals surface area contributed by atoms with Gasteiger partial charge in [0.05, 0.1) is 6.04 Å². The highest BCUT2D eigenvalue weighted by molar-refractivity contribution is 5.87. The van der Waals surface area contributed by atoms with Gasteiger partial charge in [-0.05, 0) is 17.3 Å². The first-order chi connectivity index (χ1) is 9.31. The van der Waals surface area contributed by atoms with Gasteiger partial charge in [-0.25, -0.2) is 9.59 Å². The van der Waals surface area contributed by atoms with E-state index in [-0.39, 0.29) is 11.3 Å². The van der Waals surface area contributed by atoms with E-state index in [2.05, 4.69) is 6.58 Å². The maximum atomic E-state index is 12.3. The summed E-state index contributed by atoms with van der Waals surface area (Å²) in [5, 5.41) is 19.7. The minimum atomic E-state index is -1.48. The van der Waals surface area contributed by atoms with Gasteiger partial charge in [0.2, 0.25) is 0 Å². The van der Waals surface area contributed by atoms with Crippen molar-refractivity contribution in [1.29, 1.82) is 0 Å². The number of carbonyl (C=O) groups is 2. The molecule has 0 radical (unpaired) electrons. The zero-order valence-electron chi connectivity index (χ0n) is 13.8. The summed E-state index contributed by atoms with van der Waals surface area (Å²) in [4.78, 5) is 25.2. The lowest BCUT2D eigenvalue weighted by molar-refractivity contribution is -0.163. The van der Waals surface area contributed by atoms with Gasteiger partial charge in [0.25, 0.3) is 0 Å². The van der Waals surface area contributed by atoms with E-state index in [1.54, 1.807) is 26.8 Å². The summed E-state index contributed by atoms with van der Waals surface area (Å²) >= 11 is 0. The maximum Gasteiger partial charge on any atom is 0.408 e. The van der Waals surface area contributed by atoms with E-state index < -0.39 is 29.1 Å². The van der Waals surface area contributed by atoms with Gasteiger partial charge in [-0.3, -0.25) is 4.90 Å². The lowest BCUT2D eigenvalue weighted by atomic mass is 9.59. The predicted octanol–water partition coefficient (Wildman–Crippen LogP) is 3.46. The molecule has 2 N–H and O–H groups in total. The topological polar surface area (TPSA) is 77.8 Å². The Morgan fingerprint density at radius 1 is 1.19 bits per heavy atom. The van der Waals surface area contributed by atoms with Gasteiger partial charge >= 0.3 is 12.1 Å². The van der Waals surface area contributed by atoms with Crippen molar-refractivity contribution in [2.24, 2.45) is 16.7 Å². The van der Waals surface area contributed by atoms with Crippen LogP contribution in [0.25, 0.3) is 0 Å². The first-order valence-corrected chi connectivity index (χ1v) is 7.20. The zero-order chi connectivity index (χ0) is 16.8. The summed E-state index contributed by atoms with van der Waals surface area (Å²) < 4.78 is 0. The summed E-state index contributed by atoms with van der Waals surface area (Å²) in [5.74, 6) is -1.39. The fourth-order valence-electron chi connectivity index (χ4n) is 3.88. The largest absolute Gasteiger partial charge is 0.479 e. The van der Waals surface area contributed by atoms with Crippen molar-refractivity contribution in [1.82, 2.24) is 4.90 Å². The summed E-state index contributed by atoms with van der Waals surface area (Å²) in [7, 11) is 0. The van der Waals surface area contributed by atoms with E-state index in [9.17, 15) is 19.8 Å². The smallest absolute Gasteiger partial charge is 0.408 e. The molecule has 0 aromatic carbocycles. The van der Waals surface area contributed by atoms with Crippen molar-refractivity contribution in [2.45, 2.75) is 59.5 Å². The van der Waals surface area contributed by atoms with Gasteiger partial charge in [0.1, 0.15) is 0 Å². The second kappa shape index (κ2) is 5.04. The fraction of sp³-hybridized carbons (Fsp3) is 0.750. The van der Waals surface area contributed by atoms with Crippen molar-refractivity contribution in [2.75, 3.05) is 0 Å². The molecule has 1 aliphatic heterocycles. The molecule has 1 amide bonds. The highest BCUT2D eigenvalue weighted by Crippen LogP contribution is 2.56. The highest BCUT2D eigenvalue weighted by atomic mass is 16.4. The van der Waals surface area contributed by atoms with Crippen LogP contribution < -0.4 is 0 Å². The van der Waals surface area contributed by atoms with E-state index in [0.29, 0.717) is 6.42 Å². The monoisotopic (exact) mass is 297 g/mol. The molecule has 21 heavy (non-hydrogen) atoms. The molecular weight excluding hydrogens is 270 g/mol. The van der Waals surface area contributed by atoms with E-state index in [1.165, 1.54) is 0 Å². The molecule has 1 aliphatic rings. The zero-order valence-corrected chi connectivity index (χ0v) is 13.8. The number of hydrogen-bond acceptors (Lipinski definition) is 2. The quantitative estimate of drug-likeness (QED) is 0.765. The van der Waals surface area contributed by atoms with Crippen molar-refractivity contribution in [3.63, 3.8) is 0 Å². The van der Waals surface area contributed by atoms with Crippen LogP contribution in [0.4, 0.5) is 4.79 Å². The van der Waals surface area contributed by atoms with Crippen LogP contribution >= 0.6 is 0 Å². The number of rotatable bonds is 2. The summed E-state index contributed by atoms with van der Waals surface area (Å²) in [6.07, 6.45) is 0.815. The lowest BCUT2D eigenvalue weighted by Gasteiger charge is -2.50. The molecule has 1 saturated heterocycles. The number of carboxylic acid groups (broad SMARTS) is 2. The molecule has 0 spiro atoms. The normalized spacial score (nSPS) is 30.3. The van der Waals surface area contributed by atoms with Crippen LogP contribution in [0.2, 0.25) is 0 Å². The summed E-state index contributed by atoms with van der Waals surface area (Å²) in [6.45, 7) is 15.0. The molecule has 0 aromatic rings. The van der Waals surface area contributed by atoms with Crippen molar-refractivity contribution < 1.29 is 19.8 Å². The Morgan fingerprint density at radius 3 is 1.90 bits per heavy atom. The Balaban J connectivity index is 3.72. The Labute approximate surface area is 126 Å². The molecule has 1 fully saturated rings. The highest BCUT2D eigenvalue weighted by Gasteiger charge is 2.67. The molecule has 2 unspecified atom stereocenters. The molecule has 1 heterocycles. The molecule has 3 atom stereocenters. The van der Waals surface area contributed by atoms with Crippen LogP contribution in [0.1, 0.15) is 48.0 Å². The van der Waals surface area contributed by atoms with Crippen molar-refractivity contribution in [3.8, 4) is 0 Å². The Hall–Kier alpha value is -1.52. The van der Waals surface area contributed by atoms with E-state index in [0.717, 1.165) is 4.90 Å². The average Bonchev–Trinajstić information content (AvgIpc) is 2.63. The number of aliphatic carboxylic acids is 1. The number of carboxylic acids is 1. The summed E-state index contributed by atoms with van der Waals surface area (Å²) in [5.41, 5.74) is -2.56. The number of nitrogens with zero attached hydrogens (tertiary/aromatic N) is 1. The Bertz CT molecular complexity index is 458. The average molecular weight is 297 g/mol. The molecule has 0 aliphatic carbocycles. The lowest BCUT2D eigenvalue weighted by Crippen LogP contribution is -2.66. The van der Waals surface area contributed by atoms with Crippen molar-refractivity contribution >= 4 is 12.1 Å². The third-order valence-electron chi connectivity index (χ3n) is 4.69. The number of amides is 1. The third kappa shape index (κ3) is 2.43. The SMILES string of the molecule is C=CC1CC(C(C)(C)C)[C@@](C(=O)O)(C(C)(C)C)N1C(=O)O. The Morgan fingerprint density at radius 2 is 1.67 bits per heavy atom. The van der Waals surface area contributed by atoms with E-state index >= 15 is 0 Å². The van der Waals surface area contributed by atoms with Crippen LogP contribution in [0, 0.1) is 16.7 Å². The predicted molar refractivity (Wildman–Crippen MR) is 81.2 cm³/mol. The van der Waals surface area contributed by atoms with Crippen LogP contribution in [0.5, 0.6) is 0 Å². The fourth-order valence-corrected chi connectivity index (χ4v) is 3.88. The number of likely N-dealkylation sites (tertiary alicyclic amines) is 1. The minimum Gasteiger partial charge on any atom is -0.479 e. The van der Waals surface area contributed by atoms with E-state index in [4.69, 9.17) is 0 Å². The molecule has 5 heteroatoms. The van der Waals surface area contributed by atoms with Gasteiger partial charge in [-0.15, -0.1) is 6.58 Å². The summed E-state index contributed by atoms with van der Waals surface area (Å²) in [6, 6.07) is -0.484. The van der Waals surface area contributed by atoms with Gasteiger partial charge in [-0.2, -0.15) is 0 Å². The van der Waals surface area contributed by atoms with Gasteiger partial charge in [0.15, 0.2) is 5.54 Å². The first-order valence-electron chi connectivity index (χ1n) is 7.20. The number of hydrogen-bond donors (Lipinski definition) is 2. The standard InChI is InChI=1S/C16H27NO4/c1-8-10-9-11(14(2,3)4)16(12(18)19,15(5,6)7)17(10)13(20)21/h8,10-11H,1,9H2,2-7H3,(H,18,19)(H,20,21)/t10?,11?,16-/m1/s1. The maximum absolute atomic E-state index is 12.3. The van der Waals surface area contributed by atoms with Crippen LogP contribution in [-0.2, 0) is 4.79 Å². The van der Waals surface area contributed by atoms with Gasteiger partial charge in [0, 0.05) is 5.92 Å².